The predicted molar refractivity (Wildman–Crippen MR) is 48.9 cm³/mol. The Balaban J connectivity index is 2.24. The van der Waals surface area contributed by atoms with Gasteiger partial charge in [-0.3, -0.25) is 4.90 Å². The number of hydrogen-bond acceptors (Lipinski definition) is 4. The second kappa shape index (κ2) is 4.77. The Bertz CT molecular complexity index is 123. The molecule has 0 saturated carbocycles. The molecule has 4 heteroatoms. The molecule has 1 aliphatic heterocycles. The van der Waals surface area contributed by atoms with Gasteiger partial charge in [-0.05, 0) is 14.1 Å². The van der Waals surface area contributed by atoms with E-state index in [0.717, 1.165) is 32.8 Å². The van der Waals surface area contributed by atoms with E-state index < -0.39 is 0 Å². The highest BCUT2D eigenvalue weighted by Crippen LogP contribution is 1.99. The minimum Gasteiger partial charge on any atom is -0.379 e. The first kappa shape index (κ1) is 9.92. The third kappa shape index (κ3) is 3.06. The largest absolute Gasteiger partial charge is 0.379 e. The molecule has 0 aromatic carbocycles. The highest BCUT2D eigenvalue weighted by molar-refractivity contribution is 4.70. The average Bonchev–Trinajstić information content (AvgIpc) is 2.05. The summed E-state index contributed by atoms with van der Waals surface area (Å²) >= 11 is 0. The molecule has 0 aliphatic carbocycles. The molecule has 1 unspecified atom stereocenters. The van der Waals surface area contributed by atoms with Crippen LogP contribution in [-0.4, -0.2) is 62.9 Å². The lowest BCUT2D eigenvalue weighted by Crippen LogP contribution is -2.52. The highest BCUT2D eigenvalue weighted by Gasteiger charge is 2.17. The summed E-state index contributed by atoms with van der Waals surface area (Å²) in [6.07, 6.45) is 0.156. The quantitative estimate of drug-likeness (QED) is 0.604. The maximum Gasteiger partial charge on any atom is 0.0704 e. The molecule has 1 aliphatic rings. The SMILES string of the molecule is CN(C)CC(N)N1CCOCC1. The highest BCUT2D eigenvalue weighted by atomic mass is 16.5. The first-order chi connectivity index (χ1) is 5.70. The zero-order chi connectivity index (χ0) is 8.97. The van der Waals surface area contributed by atoms with E-state index in [1.165, 1.54) is 0 Å². The van der Waals surface area contributed by atoms with Gasteiger partial charge in [-0.1, -0.05) is 0 Å². The second-order valence-electron chi connectivity index (χ2n) is 3.48. The van der Waals surface area contributed by atoms with Crippen LogP contribution in [0.3, 0.4) is 0 Å². The fourth-order valence-corrected chi connectivity index (χ4v) is 1.40. The summed E-state index contributed by atoms with van der Waals surface area (Å²) < 4.78 is 5.24. The van der Waals surface area contributed by atoms with Gasteiger partial charge in [0.15, 0.2) is 0 Å². The summed E-state index contributed by atoms with van der Waals surface area (Å²) in [6.45, 7) is 4.49. The molecule has 1 fully saturated rings. The number of morpholine rings is 1. The average molecular weight is 173 g/mol. The van der Waals surface area contributed by atoms with Crippen molar-refractivity contribution < 1.29 is 4.74 Å². The lowest BCUT2D eigenvalue weighted by molar-refractivity contribution is 0.0128. The molecule has 2 N–H and O–H groups in total. The van der Waals surface area contributed by atoms with Crippen LogP contribution in [0, 0.1) is 0 Å². The Morgan fingerprint density at radius 1 is 1.42 bits per heavy atom. The molecule has 0 aromatic heterocycles. The molecule has 12 heavy (non-hydrogen) atoms. The van der Waals surface area contributed by atoms with Crippen molar-refractivity contribution in [3.63, 3.8) is 0 Å². The Hall–Kier alpha value is -0.160. The predicted octanol–water partition coefficient (Wildman–Crippen LogP) is -0.835. The van der Waals surface area contributed by atoms with Crippen molar-refractivity contribution in [2.75, 3.05) is 46.9 Å². The summed E-state index contributed by atoms with van der Waals surface area (Å²) in [5, 5.41) is 0. The van der Waals surface area contributed by atoms with Crippen molar-refractivity contribution in [1.82, 2.24) is 9.80 Å². The van der Waals surface area contributed by atoms with Crippen molar-refractivity contribution in [3.05, 3.63) is 0 Å². The van der Waals surface area contributed by atoms with E-state index in [2.05, 4.69) is 9.80 Å². The molecular formula is C8H19N3O. The smallest absolute Gasteiger partial charge is 0.0704 e. The fraction of sp³-hybridized carbons (Fsp3) is 1.00. The number of likely N-dealkylation sites (N-methyl/N-ethyl adjacent to an activating group) is 1. The van der Waals surface area contributed by atoms with Crippen LogP contribution in [0.15, 0.2) is 0 Å². The van der Waals surface area contributed by atoms with Crippen LogP contribution in [0.2, 0.25) is 0 Å². The Morgan fingerprint density at radius 2 is 2.00 bits per heavy atom. The van der Waals surface area contributed by atoms with Crippen LogP contribution in [0.4, 0.5) is 0 Å². The summed E-state index contributed by atoms with van der Waals surface area (Å²) in [7, 11) is 4.08. The number of nitrogens with two attached hydrogens (primary N) is 1. The first-order valence-electron chi connectivity index (χ1n) is 4.42. The second-order valence-corrected chi connectivity index (χ2v) is 3.48. The molecule has 0 aromatic rings. The van der Waals surface area contributed by atoms with E-state index in [4.69, 9.17) is 10.5 Å². The lowest BCUT2D eigenvalue weighted by Gasteiger charge is -2.33. The molecular weight excluding hydrogens is 154 g/mol. The van der Waals surface area contributed by atoms with Crippen LogP contribution in [0.1, 0.15) is 0 Å². The molecule has 1 rings (SSSR count). The number of nitrogens with zero attached hydrogens (tertiary/aromatic N) is 2. The van der Waals surface area contributed by atoms with E-state index in [9.17, 15) is 0 Å². The molecule has 4 nitrogen and oxygen atoms in total. The molecule has 1 heterocycles. The minimum atomic E-state index is 0.156. The van der Waals surface area contributed by atoms with E-state index in [0.29, 0.717) is 0 Å². The van der Waals surface area contributed by atoms with Gasteiger partial charge < -0.3 is 15.4 Å². The Labute approximate surface area is 74.3 Å². The summed E-state index contributed by atoms with van der Waals surface area (Å²) in [5.74, 6) is 0. The fourth-order valence-electron chi connectivity index (χ4n) is 1.40. The topological polar surface area (TPSA) is 41.7 Å². The van der Waals surface area contributed by atoms with Gasteiger partial charge in [0.2, 0.25) is 0 Å². The maximum atomic E-state index is 5.98. The molecule has 1 atom stereocenters. The van der Waals surface area contributed by atoms with Crippen molar-refractivity contribution in [1.29, 1.82) is 0 Å². The van der Waals surface area contributed by atoms with E-state index in [1.807, 2.05) is 14.1 Å². The summed E-state index contributed by atoms with van der Waals surface area (Å²) in [4.78, 5) is 4.38. The lowest BCUT2D eigenvalue weighted by atomic mass is 10.3. The van der Waals surface area contributed by atoms with Gasteiger partial charge in [0.05, 0.1) is 19.4 Å². The van der Waals surface area contributed by atoms with Gasteiger partial charge in [0, 0.05) is 19.6 Å². The normalized spacial score (nSPS) is 23.0. The minimum absolute atomic E-state index is 0.156. The van der Waals surface area contributed by atoms with Crippen molar-refractivity contribution in [2.45, 2.75) is 6.17 Å². The van der Waals surface area contributed by atoms with E-state index in [-0.39, 0.29) is 6.17 Å². The van der Waals surface area contributed by atoms with Gasteiger partial charge in [-0.25, -0.2) is 0 Å². The van der Waals surface area contributed by atoms with Crippen LogP contribution in [0.25, 0.3) is 0 Å². The molecule has 0 amide bonds. The molecule has 1 saturated heterocycles. The van der Waals surface area contributed by atoms with E-state index in [1.54, 1.807) is 0 Å². The third-order valence-corrected chi connectivity index (χ3v) is 2.07. The molecule has 0 spiro atoms. The zero-order valence-electron chi connectivity index (χ0n) is 7.99. The van der Waals surface area contributed by atoms with Crippen molar-refractivity contribution in [2.24, 2.45) is 5.73 Å². The van der Waals surface area contributed by atoms with Crippen LogP contribution < -0.4 is 5.73 Å². The third-order valence-electron chi connectivity index (χ3n) is 2.07. The van der Waals surface area contributed by atoms with Gasteiger partial charge in [-0.2, -0.15) is 0 Å². The number of rotatable bonds is 3. The van der Waals surface area contributed by atoms with Crippen LogP contribution >= 0.6 is 0 Å². The van der Waals surface area contributed by atoms with E-state index >= 15 is 0 Å². The van der Waals surface area contributed by atoms with Gasteiger partial charge >= 0.3 is 0 Å². The number of ether oxygens (including phenoxy) is 1. The summed E-state index contributed by atoms with van der Waals surface area (Å²) in [5.41, 5.74) is 5.98. The molecule has 72 valence electrons. The van der Waals surface area contributed by atoms with Crippen molar-refractivity contribution in [3.8, 4) is 0 Å². The Morgan fingerprint density at radius 3 is 2.50 bits per heavy atom. The standard InChI is InChI=1S/C8H19N3O/c1-10(2)7-8(9)11-3-5-12-6-4-11/h8H,3-7,9H2,1-2H3. The molecule has 0 radical (unpaired) electrons. The van der Waals surface area contributed by atoms with Gasteiger partial charge in [-0.15, -0.1) is 0 Å². The van der Waals surface area contributed by atoms with Crippen molar-refractivity contribution >= 4 is 0 Å². The van der Waals surface area contributed by atoms with Gasteiger partial charge in [0.1, 0.15) is 0 Å². The monoisotopic (exact) mass is 173 g/mol. The maximum absolute atomic E-state index is 5.98. The summed E-state index contributed by atoms with van der Waals surface area (Å²) in [6, 6.07) is 0. The van der Waals surface area contributed by atoms with Crippen LogP contribution in [0.5, 0.6) is 0 Å². The van der Waals surface area contributed by atoms with Gasteiger partial charge in [0.25, 0.3) is 0 Å². The first-order valence-corrected chi connectivity index (χ1v) is 4.42. The Kier molecular flexibility index (Phi) is 3.94. The zero-order valence-corrected chi connectivity index (χ0v) is 7.99. The number of hydrogen-bond donors (Lipinski definition) is 1. The molecule has 0 bridgehead atoms. The van der Waals surface area contributed by atoms with Crippen LogP contribution in [-0.2, 0) is 4.74 Å².